The maximum Gasteiger partial charge on any atom is 0.408 e. The van der Waals surface area contributed by atoms with Gasteiger partial charge in [-0.25, -0.2) is 4.79 Å². The molecule has 2 amide bonds. The van der Waals surface area contributed by atoms with Crippen LogP contribution in [0.1, 0.15) is 22.8 Å². The van der Waals surface area contributed by atoms with E-state index < -0.39 is 18.0 Å². The van der Waals surface area contributed by atoms with E-state index in [0.717, 1.165) is 5.56 Å². The first-order valence-electron chi connectivity index (χ1n) is 7.89. The molecule has 0 spiro atoms. The third-order valence-electron chi connectivity index (χ3n) is 3.46. The van der Waals surface area contributed by atoms with Crippen molar-refractivity contribution in [1.82, 2.24) is 10.6 Å². The van der Waals surface area contributed by atoms with Crippen LogP contribution in [0.5, 0.6) is 0 Å². The highest BCUT2D eigenvalue weighted by Crippen LogP contribution is 2.01. The number of alkyl carbamates (subject to hydrolysis) is 1. The van der Waals surface area contributed by atoms with Gasteiger partial charge >= 0.3 is 6.09 Å². The number of Topliss-reactive ketones (excluding diaryl/α,β-unsaturated/α-hetero) is 1. The van der Waals surface area contributed by atoms with E-state index in [9.17, 15) is 14.4 Å². The van der Waals surface area contributed by atoms with Gasteiger partial charge in [-0.05, 0) is 12.5 Å². The van der Waals surface area contributed by atoms with Crippen LogP contribution in [0.15, 0.2) is 60.7 Å². The second-order valence-electron chi connectivity index (χ2n) is 5.43. The van der Waals surface area contributed by atoms with Crippen molar-refractivity contribution >= 4 is 17.8 Å². The Morgan fingerprint density at radius 1 is 0.960 bits per heavy atom. The Balaban J connectivity index is 1.72. The van der Waals surface area contributed by atoms with Crippen molar-refractivity contribution in [2.75, 3.05) is 6.54 Å². The Hall–Kier alpha value is -3.15. The highest BCUT2D eigenvalue weighted by molar-refractivity contribution is 5.99. The average Bonchev–Trinajstić information content (AvgIpc) is 2.65. The minimum atomic E-state index is -0.813. The normalized spacial score (nSPS) is 11.2. The molecular formula is C19H20N2O4. The topological polar surface area (TPSA) is 84.5 Å². The number of carbonyl (C=O) groups excluding carboxylic acids is 3. The molecule has 6 nitrogen and oxygen atoms in total. The first kappa shape index (κ1) is 18.2. The summed E-state index contributed by atoms with van der Waals surface area (Å²) < 4.78 is 5.05. The molecule has 0 aliphatic heterocycles. The first-order chi connectivity index (χ1) is 12.1. The Labute approximate surface area is 146 Å². The van der Waals surface area contributed by atoms with Crippen LogP contribution in [0.4, 0.5) is 4.79 Å². The summed E-state index contributed by atoms with van der Waals surface area (Å²) in [6.07, 6.45) is -0.694. The van der Waals surface area contributed by atoms with E-state index >= 15 is 0 Å². The highest BCUT2D eigenvalue weighted by Gasteiger charge is 2.17. The third kappa shape index (κ3) is 6.10. The van der Waals surface area contributed by atoms with E-state index in [1.807, 2.05) is 36.4 Å². The fourth-order valence-electron chi connectivity index (χ4n) is 2.05. The lowest BCUT2D eigenvalue weighted by Gasteiger charge is -2.14. The van der Waals surface area contributed by atoms with Crippen LogP contribution in [0.25, 0.3) is 0 Å². The Morgan fingerprint density at radius 2 is 1.56 bits per heavy atom. The average molecular weight is 340 g/mol. The number of ether oxygens (including phenoxy) is 1. The van der Waals surface area contributed by atoms with Crippen molar-refractivity contribution in [2.45, 2.75) is 19.6 Å². The number of hydrogen-bond donors (Lipinski definition) is 2. The largest absolute Gasteiger partial charge is 0.445 e. The van der Waals surface area contributed by atoms with E-state index in [-0.39, 0.29) is 18.9 Å². The molecule has 25 heavy (non-hydrogen) atoms. The van der Waals surface area contributed by atoms with Gasteiger partial charge in [-0.1, -0.05) is 60.7 Å². The van der Waals surface area contributed by atoms with Crippen LogP contribution in [-0.2, 0) is 16.1 Å². The molecule has 0 bridgehead atoms. The minimum absolute atomic E-state index is 0.119. The SMILES string of the molecule is C[C@H](NC(=O)OCc1ccccc1)C(=O)NCC(=O)c1ccccc1. The summed E-state index contributed by atoms with van der Waals surface area (Å²) in [5.41, 5.74) is 1.37. The zero-order chi connectivity index (χ0) is 18.1. The van der Waals surface area contributed by atoms with Gasteiger partial charge in [0, 0.05) is 5.56 Å². The van der Waals surface area contributed by atoms with Gasteiger partial charge in [-0.15, -0.1) is 0 Å². The molecule has 0 aliphatic carbocycles. The van der Waals surface area contributed by atoms with Gasteiger partial charge in [-0.3, -0.25) is 9.59 Å². The predicted molar refractivity (Wildman–Crippen MR) is 93.0 cm³/mol. The van der Waals surface area contributed by atoms with Crippen molar-refractivity contribution in [3.05, 3.63) is 71.8 Å². The number of ketones is 1. The van der Waals surface area contributed by atoms with Gasteiger partial charge < -0.3 is 15.4 Å². The van der Waals surface area contributed by atoms with Crippen LogP contribution in [0.3, 0.4) is 0 Å². The fraction of sp³-hybridized carbons (Fsp3) is 0.211. The summed E-state index contributed by atoms with van der Waals surface area (Å²) in [6, 6.07) is 17.1. The van der Waals surface area contributed by atoms with Gasteiger partial charge in [0.2, 0.25) is 5.91 Å². The van der Waals surface area contributed by atoms with E-state index in [0.29, 0.717) is 5.56 Å². The Kier molecular flexibility index (Phi) is 6.71. The first-order valence-corrected chi connectivity index (χ1v) is 7.89. The molecule has 1 atom stereocenters. The molecule has 0 radical (unpaired) electrons. The van der Waals surface area contributed by atoms with E-state index in [2.05, 4.69) is 10.6 Å². The summed E-state index contributed by atoms with van der Waals surface area (Å²) in [6.45, 7) is 1.51. The molecule has 2 aromatic carbocycles. The lowest BCUT2D eigenvalue weighted by Crippen LogP contribution is -2.46. The monoisotopic (exact) mass is 340 g/mol. The van der Waals surface area contributed by atoms with E-state index in [1.54, 1.807) is 24.3 Å². The number of carbonyl (C=O) groups is 3. The molecule has 0 heterocycles. The van der Waals surface area contributed by atoms with Gasteiger partial charge in [0.05, 0.1) is 6.54 Å². The lowest BCUT2D eigenvalue weighted by molar-refractivity contribution is -0.122. The zero-order valence-electron chi connectivity index (χ0n) is 13.9. The minimum Gasteiger partial charge on any atom is -0.445 e. The standard InChI is InChI=1S/C19H20N2O4/c1-14(21-19(24)25-13-15-8-4-2-5-9-15)18(23)20-12-17(22)16-10-6-3-7-11-16/h2-11,14H,12-13H2,1H3,(H,20,23)(H,21,24)/t14-/m0/s1. The molecule has 0 fully saturated rings. The van der Waals surface area contributed by atoms with Crippen LogP contribution < -0.4 is 10.6 Å². The Bertz CT molecular complexity index is 717. The molecule has 6 heteroatoms. The molecule has 0 saturated heterocycles. The second kappa shape index (κ2) is 9.22. The van der Waals surface area contributed by atoms with Gasteiger partial charge in [0.15, 0.2) is 5.78 Å². The van der Waals surface area contributed by atoms with Crippen LogP contribution in [-0.4, -0.2) is 30.4 Å². The maximum atomic E-state index is 12.0. The predicted octanol–water partition coefficient (Wildman–Crippen LogP) is 2.30. The van der Waals surface area contributed by atoms with Gasteiger partial charge in [0.25, 0.3) is 0 Å². The Morgan fingerprint density at radius 3 is 2.20 bits per heavy atom. The number of benzene rings is 2. The number of amides is 2. The number of nitrogens with one attached hydrogen (secondary N) is 2. The lowest BCUT2D eigenvalue weighted by atomic mass is 10.1. The molecule has 0 aliphatic rings. The van der Waals surface area contributed by atoms with Crippen molar-refractivity contribution in [1.29, 1.82) is 0 Å². The molecule has 0 saturated carbocycles. The van der Waals surface area contributed by atoms with Crippen molar-refractivity contribution < 1.29 is 19.1 Å². The molecule has 0 aromatic heterocycles. The molecule has 0 unspecified atom stereocenters. The quantitative estimate of drug-likeness (QED) is 0.758. The zero-order valence-corrected chi connectivity index (χ0v) is 13.9. The van der Waals surface area contributed by atoms with Crippen molar-refractivity contribution in [3.8, 4) is 0 Å². The third-order valence-corrected chi connectivity index (χ3v) is 3.46. The summed E-state index contributed by atoms with van der Waals surface area (Å²) in [4.78, 5) is 35.6. The van der Waals surface area contributed by atoms with Crippen molar-refractivity contribution in [3.63, 3.8) is 0 Å². The number of rotatable bonds is 7. The van der Waals surface area contributed by atoms with Crippen LogP contribution >= 0.6 is 0 Å². The summed E-state index contributed by atoms with van der Waals surface area (Å²) in [5, 5.41) is 4.93. The van der Waals surface area contributed by atoms with Gasteiger partial charge in [0.1, 0.15) is 12.6 Å². The van der Waals surface area contributed by atoms with E-state index in [4.69, 9.17) is 4.74 Å². The van der Waals surface area contributed by atoms with Crippen molar-refractivity contribution in [2.24, 2.45) is 0 Å². The molecule has 2 aromatic rings. The smallest absolute Gasteiger partial charge is 0.408 e. The molecule has 2 N–H and O–H groups in total. The molecular weight excluding hydrogens is 320 g/mol. The van der Waals surface area contributed by atoms with Gasteiger partial charge in [-0.2, -0.15) is 0 Å². The van der Waals surface area contributed by atoms with Crippen LogP contribution in [0.2, 0.25) is 0 Å². The second-order valence-corrected chi connectivity index (χ2v) is 5.43. The number of hydrogen-bond acceptors (Lipinski definition) is 4. The highest BCUT2D eigenvalue weighted by atomic mass is 16.5. The summed E-state index contributed by atoms with van der Waals surface area (Å²) >= 11 is 0. The van der Waals surface area contributed by atoms with Crippen LogP contribution in [0, 0.1) is 0 Å². The summed E-state index contributed by atoms with van der Waals surface area (Å²) in [7, 11) is 0. The molecule has 130 valence electrons. The molecule has 2 rings (SSSR count). The summed E-state index contributed by atoms with van der Waals surface area (Å²) in [5.74, 6) is -0.659. The van der Waals surface area contributed by atoms with E-state index in [1.165, 1.54) is 6.92 Å². The fourth-order valence-corrected chi connectivity index (χ4v) is 2.05. The maximum absolute atomic E-state index is 12.0.